The Morgan fingerprint density at radius 1 is 1.35 bits per heavy atom. The normalized spacial score (nSPS) is 13.9. The second-order valence-electron chi connectivity index (χ2n) is 4.65. The minimum Gasteiger partial charge on any atom is -0.384 e. The maximum atomic E-state index is 7.81. The lowest BCUT2D eigenvalue weighted by molar-refractivity contribution is 0.900. The van der Waals surface area contributed by atoms with Gasteiger partial charge in [0.1, 0.15) is 5.84 Å². The summed E-state index contributed by atoms with van der Waals surface area (Å²) < 4.78 is 0. The molecule has 3 rings (SSSR count). The lowest BCUT2D eigenvalue weighted by Crippen LogP contribution is -2.15. The number of nitrogens with zero attached hydrogens (tertiary/aromatic N) is 1. The van der Waals surface area contributed by atoms with E-state index in [-0.39, 0.29) is 5.84 Å². The summed E-state index contributed by atoms with van der Waals surface area (Å²) in [6.07, 6.45) is 3.14. The Bertz CT molecular complexity index is 629. The Labute approximate surface area is 100 Å². The summed E-state index contributed by atoms with van der Waals surface area (Å²) in [5.41, 5.74) is 11.1. The highest BCUT2D eigenvalue weighted by atomic mass is 14.8. The van der Waals surface area contributed by atoms with Crippen molar-refractivity contribution in [2.75, 3.05) is 0 Å². The summed E-state index contributed by atoms with van der Waals surface area (Å²) in [6, 6.07) is 6.08. The zero-order valence-electron chi connectivity index (χ0n) is 9.88. The molecule has 0 saturated carbocycles. The third-order valence-corrected chi connectivity index (χ3v) is 3.51. The molecule has 0 saturated heterocycles. The Morgan fingerprint density at radius 2 is 2.18 bits per heavy atom. The summed E-state index contributed by atoms with van der Waals surface area (Å²) in [4.78, 5) is 4.75. The van der Waals surface area contributed by atoms with Crippen LogP contribution in [-0.4, -0.2) is 10.8 Å². The molecule has 1 aromatic carbocycles. The van der Waals surface area contributed by atoms with Gasteiger partial charge in [0, 0.05) is 16.6 Å². The summed E-state index contributed by atoms with van der Waals surface area (Å²) in [7, 11) is 0. The number of fused-ring (bicyclic) bond motifs is 2. The molecule has 86 valence electrons. The molecule has 0 radical (unpaired) electrons. The van der Waals surface area contributed by atoms with Crippen molar-refractivity contribution in [3.05, 3.63) is 40.6 Å². The molecule has 0 bridgehead atoms. The van der Waals surface area contributed by atoms with Crippen molar-refractivity contribution < 1.29 is 0 Å². The Hall–Kier alpha value is -1.90. The summed E-state index contributed by atoms with van der Waals surface area (Å²) in [6.45, 7) is 2.06. The first kappa shape index (κ1) is 10.3. The van der Waals surface area contributed by atoms with Gasteiger partial charge in [-0.2, -0.15) is 0 Å². The highest BCUT2D eigenvalue weighted by molar-refractivity contribution is 6.08. The first-order chi connectivity index (χ1) is 8.18. The molecule has 3 nitrogen and oxygen atoms in total. The highest BCUT2D eigenvalue weighted by Gasteiger charge is 2.21. The average molecular weight is 225 g/mol. The first-order valence-corrected chi connectivity index (χ1v) is 5.94. The maximum absolute atomic E-state index is 7.81. The van der Waals surface area contributed by atoms with Crippen molar-refractivity contribution in [1.29, 1.82) is 5.41 Å². The van der Waals surface area contributed by atoms with Crippen molar-refractivity contribution in [2.45, 2.75) is 26.2 Å². The van der Waals surface area contributed by atoms with Gasteiger partial charge in [0.05, 0.1) is 5.52 Å². The van der Waals surface area contributed by atoms with Crippen LogP contribution in [-0.2, 0) is 12.8 Å². The fourth-order valence-corrected chi connectivity index (χ4v) is 2.73. The van der Waals surface area contributed by atoms with E-state index in [1.54, 1.807) is 0 Å². The minimum absolute atomic E-state index is 0.168. The highest BCUT2D eigenvalue weighted by Crippen LogP contribution is 2.30. The Balaban J connectivity index is 2.49. The Kier molecular flexibility index (Phi) is 2.15. The lowest BCUT2D eigenvalue weighted by Gasteiger charge is -2.12. The van der Waals surface area contributed by atoms with E-state index < -0.39 is 0 Å². The predicted molar refractivity (Wildman–Crippen MR) is 69.5 cm³/mol. The molecule has 0 unspecified atom stereocenters. The van der Waals surface area contributed by atoms with Crippen molar-refractivity contribution in [2.24, 2.45) is 5.73 Å². The van der Waals surface area contributed by atoms with Crippen molar-refractivity contribution in [1.82, 2.24) is 4.98 Å². The quantitative estimate of drug-likeness (QED) is 0.578. The molecule has 3 heteroatoms. The van der Waals surface area contributed by atoms with Gasteiger partial charge in [0.15, 0.2) is 0 Å². The third kappa shape index (κ3) is 1.42. The molecule has 1 aliphatic rings. The number of benzene rings is 1. The molecule has 3 N–H and O–H groups in total. The van der Waals surface area contributed by atoms with Crippen LogP contribution in [0.2, 0.25) is 0 Å². The van der Waals surface area contributed by atoms with E-state index >= 15 is 0 Å². The number of para-hydroxylation sites is 1. The van der Waals surface area contributed by atoms with E-state index in [0.29, 0.717) is 0 Å². The molecule has 2 aromatic rings. The van der Waals surface area contributed by atoms with E-state index in [1.165, 1.54) is 5.56 Å². The number of nitrogen functional groups attached to an aromatic ring is 1. The molecule has 1 heterocycles. The number of nitrogens with two attached hydrogens (primary N) is 1. The molecular formula is C14H15N3. The van der Waals surface area contributed by atoms with Crippen molar-refractivity contribution >= 4 is 16.7 Å². The number of hydrogen-bond acceptors (Lipinski definition) is 2. The van der Waals surface area contributed by atoms with E-state index in [1.807, 2.05) is 12.1 Å². The fourth-order valence-electron chi connectivity index (χ4n) is 2.73. The molecule has 0 amide bonds. The second kappa shape index (κ2) is 3.55. The van der Waals surface area contributed by atoms with Gasteiger partial charge >= 0.3 is 0 Å². The fraction of sp³-hybridized carbons (Fsp3) is 0.286. The van der Waals surface area contributed by atoms with E-state index in [2.05, 4.69) is 13.0 Å². The zero-order chi connectivity index (χ0) is 12.0. The van der Waals surface area contributed by atoms with Crippen LogP contribution in [0.3, 0.4) is 0 Å². The standard InChI is InChI=1S/C14H15N3/c1-8-4-2-6-10-12(14(15)16)9-5-3-7-11(9)17-13(8)10/h2,4,6H,3,5,7H2,1H3,(H3,15,16). The van der Waals surface area contributed by atoms with Gasteiger partial charge in [-0.1, -0.05) is 18.2 Å². The van der Waals surface area contributed by atoms with Gasteiger partial charge < -0.3 is 5.73 Å². The number of hydrogen-bond donors (Lipinski definition) is 2. The monoisotopic (exact) mass is 225 g/mol. The van der Waals surface area contributed by atoms with Gasteiger partial charge in [-0.15, -0.1) is 0 Å². The van der Waals surface area contributed by atoms with Gasteiger partial charge in [-0.3, -0.25) is 10.4 Å². The molecule has 1 aromatic heterocycles. The molecule has 1 aliphatic carbocycles. The van der Waals surface area contributed by atoms with Crippen LogP contribution >= 0.6 is 0 Å². The number of rotatable bonds is 1. The number of nitrogens with one attached hydrogen (secondary N) is 1. The average Bonchev–Trinajstić information content (AvgIpc) is 2.74. The predicted octanol–water partition coefficient (Wildman–Crippen LogP) is 2.32. The second-order valence-corrected chi connectivity index (χ2v) is 4.65. The van der Waals surface area contributed by atoms with Crippen molar-refractivity contribution in [3.63, 3.8) is 0 Å². The van der Waals surface area contributed by atoms with Gasteiger partial charge in [0.25, 0.3) is 0 Å². The molecule has 0 aliphatic heterocycles. The zero-order valence-corrected chi connectivity index (χ0v) is 9.88. The number of amidine groups is 1. The molecule has 17 heavy (non-hydrogen) atoms. The summed E-state index contributed by atoms with van der Waals surface area (Å²) >= 11 is 0. The van der Waals surface area contributed by atoms with Crippen LogP contribution in [0, 0.1) is 12.3 Å². The van der Waals surface area contributed by atoms with Crippen LogP contribution in [0.5, 0.6) is 0 Å². The number of aromatic nitrogens is 1. The van der Waals surface area contributed by atoms with Gasteiger partial charge in [-0.05, 0) is 37.3 Å². The van der Waals surface area contributed by atoms with Gasteiger partial charge in [0.2, 0.25) is 0 Å². The topological polar surface area (TPSA) is 62.8 Å². The Morgan fingerprint density at radius 3 is 2.94 bits per heavy atom. The van der Waals surface area contributed by atoms with Crippen LogP contribution in [0.1, 0.15) is 28.8 Å². The SMILES string of the molecule is Cc1cccc2c(C(=N)N)c3c(nc12)CCC3. The largest absolute Gasteiger partial charge is 0.384 e. The van der Waals surface area contributed by atoms with Crippen LogP contribution in [0.25, 0.3) is 10.9 Å². The van der Waals surface area contributed by atoms with Crippen LogP contribution < -0.4 is 5.73 Å². The van der Waals surface area contributed by atoms with E-state index in [0.717, 1.165) is 47.0 Å². The first-order valence-electron chi connectivity index (χ1n) is 5.94. The van der Waals surface area contributed by atoms with E-state index in [4.69, 9.17) is 16.1 Å². The molecule has 0 atom stereocenters. The van der Waals surface area contributed by atoms with Crippen LogP contribution in [0.15, 0.2) is 18.2 Å². The summed E-state index contributed by atoms with van der Waals surface area (Å²) in [5, 5.41) is 8.83. The lowest BCUT2D eigenvalue weighted by atomic mass is 9.99. The number of aryl methyl sites for hydroxylation is 2. The molecule has 0 spiro atoms. The molecule has 0 fully saturated rings. The van der Waals surface area contributed by atoms with Crippen molar-refractivity contribution in [3.8, 4) is 0 Å². The summed E-state index contributed by atoms with van der Waals surface area (Å²) in [5.74, 6) is 0.168. The van der Waals surface area contributed by atoms with E-state index in [9.17, 15) is 0 Å². The smallest absolute Gasteiger partial charge is 0.123 e. The number of pyridine rings is 1. The van der Waals surface area contributed by atoms with Crippen LogP contribution in [0.4, 0.5) is 0 Å². The van der Waals surface area contributed by atoms with Gasteiger partial charge in [-0.25, -0.2) is 0 Å². The molecular weight excluding hydrogens is 210 g/mol. The third-order valence-electron chi connectivity index (χ3n) is 3.51. The maximum Gasteiger partial charge on any atom is 0.123 e. The minimum atomic E-state index is 0.168.